The molecule has 0 aliphatic carbocycles. The fraction of sp³-hybridized carbons (Fsp3) is 0.727. The van der Waals surface area contributed by atoms with Gasteiger partial charge in [0.15, 0.2) is 5.89 Å². The van der Waals surface area contributed by atoms with Gasteiger partial charge in [0.2, 0.25) is 0 Å². The predicted octanol–water partition coefficient (Wildman–Crippen LogP) is 1.11. The van der Waals surface area contributed by atoms with Crippen LogP contribution in [0.15, 0.2) is 10.7 Å². The highest BCUT2D eigenvalue weighted by molar-refractivity contribution is 5.02. The molecule has 84 valence electrons. The molecule has 2 rings (SSSR count). The third-order valence-electron chi connectivity index (χ3n) is 3.07. The average molecular weight is 209 g/mol. The number of oxazole rings is 1. The van der Waals surface area contributed by atoms with Crippen LogP contribution in [0.2, 0.25) is 0 Å². The maximum atomic E-state index is 5.47. The Morgan fingerprint density at radius 3 is 3.27 bits per heavy atom. The molecule has 4 nitrogen and oxygen atoms in total. The molecule has 2 unspecified atom stereocenters. The van der Waals surface area contributed by atoms with Crippen molar-refractivity contribution in [1.29, 1.82) is 0 Å². The maximum absolute atomic E-state index is 5.47. The second-order valence-corrected chi connectivity index (χ2v) is 4.24. The Morgan fingerprint density at radius 1 is 1.73 bits per heavy atom. The molecule has 0 bridgehead atoms. The summed E-state index contributed by atoms with van der Waals surface area (Å²) >= 11 is 0. The highest BCUT2D eigenvalue weighted by atomic mass is 16.3. The van der Waals surface area contributed by atoms with Crippen LogP contribution in [0, 0.1) is 5.92 Å². The minimum atomic E-state index is 0.268. The number of aromatic nitrogens is 1. The van der Waals surface area contributed by atoms with Crippen LogP contribution in [0.3, 0.4) is 0 Å². The van der Waals surface area contributed by atoms with Crippen LogP contribution in [-0.4, -0.2) is 25.1 Å². The number of nitrogens with zero attached hydrogens (tertiary/aromatic N) is 1. The third-order valence-corrected chi connectivity index (χ3v) is 3.07. The van der Waals surface area contributed by atoms with Crippen LogP contribution >= 0.6 is 0 Å². The lowest BCUT2D eigenvalue weighted by Crippen LogP contribution is -2.13. The van der Waals surface area contributed by atoms with Gasteiger partial charge in [-0.2, -0.15) is 0 Å². The number of rotatable bonds is 4. The second kappa shape index (κ2) is 4.77. The molecule has 1 fully saturated rings. The third kappa shape index (κ3) is 2.58. The molecule has 0 radical (unpaired) electrons. The molecule has 2 heterocycles. The van der Waals surface area contributed by atoms with Crippen molar-refractivity contribution in [2.24, 2.45) is 5.92 Å². The van der Waals surface area contributed by atoms with E-state index in [0.29, 0.717) is 5.92 Å². The van der Waals surface area contributed by atoms with Gasteiger partial charge in [-0.15, -0.1) is 0 Å². The summed E-state index contributed by atoms with van der Waals surface area (Å²) in [5.41, 5.74) is 0.999. The minimum absolute atomic E-state index is 0.268. The zero-order valence-electron chi connectivity index (χ0n) is 9.42. The molecule has 0 spiro atoms. The van der Waals surface area contributed by atoms with Crippen molar-refractivity contribution < 1.29 is 4.42 Å². The topological polar surface area (TPSA) is 50.1 Å². The lowest BCUT2D eigenvalue weighted by Gasteiger charge is -2.05. The lowest BCUT2D eigenvalue weighted by atomic mass is 10.1. The average Bonchev–Trinajstić information content (AvgIpc) is 2.88. The van der Waals surface area contributed by atoms with E-state index >= 15 is 0 Å². The van der Waals surface area contributed by atoms with E-state index in [1.54, 1.807) is 6.26 Å². The first-order valence-corrected chi connectivity index (χ1v) is 5.62. The van der Waals surface area contributed by atoms with Gasteiger partial charge in [-0.25, -0.2) is 4.98 Å². The van der Waals surface area contributed by atoms with E-state index < -0.39 is 0 Å². The number of hydrogen-bond acceptors (Lipinski definition) is 4. The summed E-state index contributed by atoms with van der Waals surface area (Å²) in [6.07, 6.45) is 3.96. The van der Waals surface area contributed by atoms with Gasteiger partial charge in [0.1, 0.15) is 6.26 Å². The SMILES string of the molecule is CNC(C)c1coc(CC2CCNC2)n1. The summed E-state index contributed by atoms with van der Waals surface area (Å²) in [5, 5.41) is 6.50. The Labute approximate surface area is 90.5 Å². The van der Waals surface area contributed by atoms with E-state index in [-0.39, 0.29) is 6.04 Å². The highest BCUT2D eigenvalue weighted by Crippen LogP contribution is 2.17. The minimum Gasteiger partial charge on any atom is -0.449 e. The molecule has 15 heavy (non-hydrogen) atoms. The van der Waals surface area contributed by atoms with Gasteiger partial charge in [-0.05, 0) is 39.4 Å². The Morgan fingerprint density at radius 2 is 2.60 bits per heavy atom. The fourth-order valence-electron chi connectivity index (χ4n) is 1.90. The van der Waals surface area contributed by atoms with Crippen LogP contribution in [0.5, 0.6) is 0 Å². The predicted molar refractivity (Wildman–Crippen MR) is 58.7 cm³/mol. The highest BCUT2D eigenvalue weighted by Gasteiger charge is 2.18. The fourth-order valence-corrected chi connectivity index (χ4v) is 1.90. The Kier molecular flexibility index (Phi) is 3.38. The van der Waals surface area contributed by atoms with E-state index in [0.717, 1.165) is 31.1 Å². The smallest absolute Gasteiger partial charge is 0.194 e. The standard InChI is InChI=1S/C11H19N3O/c1-8(12-2)10-7-15-11(14-10)5-9-3-4-13-6-9/h7-9,12-13H,3-6H2,1-2H3. The number of hydrogen-bond donors (Lipinski definition) is 2. The van der Waals surface area contributed by atoms with Crippen LogP contribution in [-0.2, 0) is 6.42 Å². The maximum Gasteiger partial charge on any atom is 0.194 e. The van der Waals surface area contributed by atoms with Crippen molar-refractivity contribution in [3.05, 3.63) is 17.8 Å². The first kappa shape index (κ1) is 10.6. The zero-order valence-corrected chi connectivity index (χ0v) is 9.42. The van der Waals surface area contributed by atoms with Crippen molar-refractivity contribution in [3.8, 4) is 0 Å². The normalized spacial score (nSPS) is 23.2. The lowest BCUT2D eigenvalue weighted by molar-refractivity contribution is 0.442. The van der Waals surface area contributed by atoms with Gasteiger partial charge in [-0.1, -0.05) is 0 Å². The van der Waals surface area contributed by atoms with Crippen molar-refractivity contribution in [2.45, 2.75) is 25.8 Å². The summed E-state index contributed by atoms with van der Waals surface area (Å²) in [6, 6.07) is 0.268. The van der Waals surface area contributed by atoms with Gasteiger partial charge >= 0.3 is 0 Å². The van der Waals surface area contributed by atoms with E-state index in [9.17, 15) is 0 Å². The van der Waals surface area contributed by atoms with E-state index in [1.807, 2.05) is 7.05 Å². The van der Waals surface area contributed by atoms with Crippen molar-refractivity contribution in [1.82, 2.24) is 15.6 Å². The van der Waals surface area contributed by atoms with Gasteiger partial charge in [0.05, 0.1) is 5.69 Å². The zero-order chi connectivity index (χ0) is 10.7. The Balaban J connectivity index is 1.94. The van der Waals surface area contributed by atoms with Crippen molar-refractivity contribution >= 4 is 0 Å². The first-order chi connectivity index (χ1) is 7.29. The quantitative estimate of drug-likeness (QED) is 0.780. The van der Waals surface area contributed by atoms with Crippen LogP contribution in [0.25, 0.3) is 0 Å². The Bertz CT molecular complexity index is 305. The monoisotopic (exact) mass is 209 g/mol. The summed E-state index contributed by atoms with van der Waals surface area (Å²) in [5.74, 6) is 1.57. The van der Waals surface area contributed by atoms with Gasteiger partial charge in [0, 0.05) is 12.5 Å². The van der Waals surface area contributed by atoms with Gasteiger partial charge in [-0.3, -0.25) is 0 Å². The molecule has 0 amide bonds. The van der Waals surface area contributed by atoms with E-state index in [4.69, 9.17) is 4.42 Å². The summed E-state index contributed by atoms with van der Waals surface area (Å²) < 4.78 is 5.47. The van der Waals surface area contributed by atoms with Crippen LogP contribution < -0.4 is 10.6 Å². The molecule has 1 aromatic heterocycles. The molecule has 1 aliphatic heterocycles. The molecule has 1 saturated heterocycles. The first-order valence-electron chi connectivity index (χ1n) is 5.62. The van der Waals surface area contributed by atoms with Gasteiger partial charge in [0.25, 0.3) is 0 Å². The van der Waals surface area contributed by atoms with Crippen LogP contribution in [0.1, 0.15) is 31.0 Å². The largest absolute Gasteiger partial charge is 0.449 e. The molecule has 0 aromatic carbocycles. The molecular formula is C11H19N3O. The second-order valence-electron chi connectivity index (χ2n) is 4.24. The molecule has 2 N–H and O–H groups in total. The van der Waals surface area contributed by atoms with E-state index in [1.165, 1.54) is 6.42 Å². The van der Waals surface area contributed by atoms with Gasteiger partial charge < -0.3 is 15.1 Å². The van der Waals surface area contributed by atoms with E-state index in [2.05, 4.69) is 22.5 Å². The van der Waals surface area contributed by atoms with Crippen LogP contribution in [0.4, 0.5) is 0 Å². The molecule has 0 saturated carbocycles. The molecular weight excluding hydrogens is 190 g/mol. The Hall–Kier alpha value is -0.870. The summed E-state index contributed by atoms with van der Waals surface area (Å²) in [6.45, 7) is 4.31. The van der Waals surface area contributed by atoms with Crippen molar-refractivity contribution in [3.63, 3.8) is 0 Å². The van der Waals surface area contributed by atoms with Crippen molar-refractivity contribution in [2.75, 3.05) is 20.1 Å². The summed E-state index contributed by atoms with van der Waals surface area (Å²) in [4.78, 5) is 4.49. The summed E-state index contributed by atoms with van der Waals surface area (Å²) in [7, 11) is 1.93. The molecule has 2 atom stereocenters. The molecule has 4 heteroatoms. The number of nitrogens with one attached hydrogen (secondary N) is 2. The molecule has 1 aliphatic rings. The molecule has 1 aromatic rings.